The first-order valence-electron chi connectivity index (χ1n) is 2.83. The van der Waals surface area contributed by atoms with Crippen molar-refractivity contribution in [2.24, 2.45) is 0 Å². The van der Waals surface area contributed by atoms with Crippen molar-refractivity contribution >= 4 is 10.1 Å². The van der Waals surface area contributed by atoms with E-state index in [-0.39, 0.29) is 43.3 Å². The van der Waals surface area contributed by atoms with E-state index in [1.54, 1.807) is 6.08 Å². The molecule has 6 heteroatoms. The Hall–Kier alpha value is 0.610. The summed E-state index contributed by atoms with van der Waals surface area (Å²) in [7, 11) is -3.80. The normalized spacial score (nSPS) is 10.3. The summed E-state index contributed by atoms with van der Waals surface area (Å²) in [5.41, 5.74) is 0. The van der Waals surface area contributed by atoms with Crippen molar-refractivity contribution in [3.8, 4) is 0 Å². The van der Waals surface area contributed by atoms with Crippen LogP contribution in [0.3, 0.4) is 0 Å². The summed E-state index contributed by atoms with van der Waals surface area (Å²) in [6.07, 6.45) is 1.62. The largest absolute Gasteiger partial charge is 1.00 e. The van der Waals surface area contributed by atoms with Gasteiger partial charge in [-0.2, -0.15) is 8.42 Å². The molecule has 0 aromatic heterocycles. The Kier molecular flexibility index (Phi) is 9.35. The number of nitrogens with one attached hydrogen (secondary N) is 1. The molecule has 0 fully saturated rings. The second-order valence-electron chi connectivity index (χ2n) is 1.78. The Balaban J connectivity index is -0.000000405. The van der Waals surface area contributed by atoms with Crippen molar-refractivity contribution in [1.82, 2.24) is 5.32 Å². The van der Waals surface area contributed by atoms with E-state index in [0.717, 1.165) is 0 Å². The van der Waals surface area contributed by atoms with Gasteiger partial charge in [-0.1, -0.05) is 6.08 Å². The fourth-order valence-corrected chi connectivity index (χ4v) is 0.808. The van der Waals surface area contributed by atoms with Crippen LogP contribution in [0, 0.1) is 0 Å². The predicted molar refractivity (Wildman–Crippen MR) is 40.6 cm³/mol. The fourth-order valence-electron chi connectivity index (χ4n) is 0.405. The second kappa shape index (κ2) is 7.27. The molecule has 4 nitrogen and oxygen atoms in total. The van der Waals surface area contributed by atoms with Gasteiger partial charge < -0.3 is 6.74 Å². The summed E-state index contributed by atoms with van der Waals surface area (Å²) >= 11 is 0. The van der Waals surface area contributed by atoms with Crippen LogP contribution in [0.15, 0.2) is 12.7 Å². The molecular formula is C5H12NNaO3S. The number of hydrogen-bond acceptors (Lipinski definition) is 3. The van der Waals surface area contributed by atoms with Crippen molar-refractivity contribution in [2.45, 2.75) is 0 Å². The minimum absolute atomic E-state index is 0. The molecule has 0 saturated heterocycles. The summed E-state index contributed by atoms with van der Waals surface area (Å²) in [4.78, 5) is 0. The second-order valence-corrected chi connectivity index (χ2v) is 3.35. The smallest absolute Gasteiger partial charge is 1.00 e. The first-order chi connectivity index (χ1) is 4.56. The Labute approximate surface area is 90.6 Å². The third kappa shape index (κ3) is 13.6. The average molecular weight is 189 g/mol. The van der Waals surface area contributed by atoms with E-state index in [1.807, 2.05) is 0 Å². The number of hydrogen-bond donors (Lipinski definition) is 2. The summed E-state index contributed by atoms with van der Waals surface area (Å²) < 4.78 is 28.4. The molecule has 0 aromatic carbocycles. The van der Waals surface area contributed by atoms with Gasteiger partial charge in [-0.05, 0) is 0 Å². The van der Waals surface area contributed by atoms with Crippen molar-refractivity contribution in [3.63, 3.8) is 0 Å². The molecule has 0 saturated carbocycles. The third-order valence-corrected chi connectivity index (χ3v) is 1.55. The third-order valence-electron chi connectivity index (χ3n) is 0.825. The molecule has 0 amide bonds. The van der Waals surface area contributed by atoms with Gasteiger partial charge in [0.15, 0.2) is 0 Å². The van der Waals surface area contributed by atoms with Crippen LogP contribution in [-0.2, 0) is 10.1 Å². The summed E-state index contributed by atoms with van der Waals surface area (Å²) in [6, 6.07) is 0. The first kappa shape index (κ1) is 14.2. The van der Waals surface area contributed by atoms with Crippen molar-refractivity contribution < 1.29 is 44.0 Å². The maximum Gasteiger partial charge on any atom is 1.00 e. The molecule has 0 heterocycles. The molecule has 0 rings (SSSR count). The Morgan fingerprint density at radius 3 is 2.55 bits per heavy atom. The SMILES string of the molecule is C=CCNCCS(=O)(=O)O.[H-].[Na+]. The summed E-state index contributed by atoms with van der Waals surface area (Å²) in [5, 5.41) is 2.73. The maximum atomic E-state index is 10.1. The van der Waals surface area contributed by atoms with Crippen molar-refractivity contribution in [2.75, 3.05) is 18.8 Å². The predicted octanol–water partition coefficient (Wildman–Crippen LogP) is -3.23. The monoisotopic (exact) mass is 189 g/mol. The van der Waals surface area contributed by atoms with Gasteiger partial charge in [0.05, 0.1) is 5.75 Å². The van der Waals surface area contributed by atoms with Crippen LogP contribution in [0.1, 0.15) is 1.43 Å². The fraction of sp³-hybridized carbons (Fsp3) is 0.600. The van der Waals surface area contributed by atoms with E-state index in [2.05, 4.69) is 11.9 Å². The molecule has 0 aromatic rings. The van der Waals surface area contributed by atoms with E-state index in [4.69, 9.17) is 4.55 Å². The molecule has 0 unspecified atom stereocenters. The van der Waals surface area contributed by atoms with Gasteiger partial charge in [0.25, 0.3) is 10.1 Å². The molecule has 11 heavy (non-hydrogen) atoms. The Bertz CT molecular complexity index is 195. The van der Waals surface area contributed by atoms with E-state index in [1.165, 1.54) is 0 Å². The molecule has 0 radical (unpaired) electrons. The number of rotatable bonds is 5. The molecule has 0 aliphatic rings. The summed E-state index contributed by atoms with van der Waals surface area (Å²) in [5.74, 6) is -0.249. The molecule has 0 aliphatic heterocycles. The zero-order valence-corrected chi connectivity index (χ0v) is 9.39. The van der Waals surface area contributed by atoms with E-state index >= 15 is 0 Å². The Morgan fingerprint density at radius 1 is 1.64 bits per heavy atom. The van der Waals surface area contributed by atoms with E-state index in [0.29, 0.717) is 6.54 Å². The molecule has 0 atom stereocenters. The van der Waals surface area contributed by atoms with Gasteiger partial charge in [-0.15, -0.1) is 6.58 Å². The molecule has 0 aliphatic carbocycles. The van der Waals surface area contributed by atoms with Crippen LogP contribution < -0.4 is 34.9 Å². The van der Waals surface area contributed by atoms with Gasteiger partial charge in [0.1, 0.15) is 0 Å². The maximum absolute atomic E-state index is 10.1. The minimum atomic E-state index is -3.80. The molecule has 62 valence electrons. The molecule has 0 spiro atoms. The van der Waals surface area contributed by atoms with Crippen LogP contribution in [0.25, 0.3) is 0 Å². The first-order valence-corrected chi connectivity index (χ1v) is 4.44. The zero-order valence-electron chi connectivity index (χ0n) is 7.58. The summed E-state index contributed by atoms with van der Waals surface area (Å²) in [6.45, 7) is 4.23. The van der Waals surface area contributed by atoms with Gasteiger partial charge in [0.2, 0.25) is 0 Å². The topological polar surface area (TPSA) is 66.4 Å². The zero-order chi connectivity index (χ0) is 8.04. The van der Waals surface area contributed by atoms with Gasteiger partial charge in [-0.25, -0.2) is 0 Å². The van der Waals surface area contributed by atoms with Crippen molar-refractivity contribution in [1.29, 1.82) is 0 Å². The van der Waals surface area contributed by atoms with E-state index < -0.39 is 10.1 Å². The van der Waals surface area contributed by atoms with Gasteiger partial charge in [-0.3, -0.25) is 4.55 Å². The standard InChI is InChI=1S/C5H11NO3S.Na.H/c1-2-3-6-4-5-10(7,8)9;;/h2,6H,1,3-5H2,(H,7,8,9);;/q;+1;-1. The van der Waals surface area contributed by atoms with Crippen LogP contribution >= 0.6 is 0 Å². The van der Waals surface area contributed by atoms with E-state index in [9.17, 15) is 8.42 Å². The van der Waals surface area contributed by atoms with Crippen LogP contribution in [0.2, 0.25) is 0 Å². The van der Waals surface area contributed by atoms with Crippen LogP contribution in [0.5, 0.6) is 0 Å². The van der Waals surface area contributed by atoms with Gasteiger partial charge in [0, 0.05) is 13.1 Å². The Morgan fingerprint density at radius 2 is 2.18 bits per heavy atom. The van der Waals surface area contributed by atoms with Gasteiger partial charge >= 0.3 is 29.6 Å². The molecule has 0 bridgehead atoms. The van der Waals surface area contributed by atoms with Crippen LogP contribution in [0.4, 0.5) is 0 Å². The quantitative estimate of drug-likeness (QED) is 0.206. The molecular weight excluding hydrogens is 177 g/mol. The average Bonchev–Trinajstić information content (AvgIpc) is 1.78. The minimum Gasteiger partial charge on any atom is -1.00 e. The van der Waals surface area contributed by atoms with Crippen LogP contribution in [-0.4, -0.2) is 31.8 Å². The van der Waals surface area contributed by atoms with Crippen molar-refractivity contribution in [3.05, 3.63) is 12.7 Å². The molecule has 2 N–H and O–H groups in total.